The smallest absolute Gasteiger partial charge is 0.0990 e. The average molecular weight is 272 g/mol. The summed E-state index contributed by atoms with van der Waals surface area (Å²) in [7, 11) is 0. The lowest BCUT2D eigenvalue weighted by Gasteiger charge is -2.16. The van der Waals surface area contributed by atoms with Crippen molar-refractivity contribution in [3.63, 3.8) is 0 Å². The van der Waals surface area contributed by atoms with Gasteiger partial charge in [0.2, 0.25) is 0 Å². The van der Waals surface area contributed by atoms with Gasteiger partial charge in [-0.2, -0.15) is 0 Å². The Kier molecular flexibility index (Phi) is 4.83. The lowest BCUT2D eigenvalue weighted by atomic mass is 10.1. The number of nitrogens with zero attached hydrogens (tertiary/aromatic N) is 3. The maximum absolute atomic E-state index is 9.90. The molecule has 1 aromatic heterocycles. The summed E-state index contributed by atoms with van der Waals surface area (Å²) >= 11 is 0. The van der Waals surface area contributed by atoms with Gasteiger partial charge in [-0.25, -0.2) is 4.68 Å². The first-order chi connectivity index (χ1) is 9.17. The highest BCUT2D eigenvalue weighted by Gasteiger charge is 2.40. The Labute approximate surface area is 110 Å². The average Bonchev–Trinajstić information content (AvgIpc) is 2.96. The van der Waals surface area contributed by atoms with Crippen molar-refractivity contribution in [2.75, 3.05) is 13.2 Å². The Balaban J connectivity index is 1.99. The quantitative estimate of drug-likeness (QED) is 0.380. The van der Waals surface area contributed by atoms with Crippen LogP contribution >= 0.6 is 0 Å². The Bertz CT molecular complexity index is 400. The van der Waals surface area contributed by atoms with E-state index in [9.17, 15) is 10.2 Å². The van der Waals surface area contributed by atoms with Gasteiger partial charge in [0.25, 0.3) is 0 Å². The molecule has 0 aromatic carbocycles. The fourth-order valence-electron chi connectivity index (χ4n) is 2.34. The van der Waals surface area contributed by atoms with Gasteiger partial charge in [-0.1, -0.05) is 5.21 Å². The molecule has 5 N–H and O–H groups in total. The molecule has 8 heteroatoms. The van der Waals surface area contributed by atoms with Crippen LogP contribution in [0.4, 0.5) is 0 Å². The minimum atomic E-state index is -0.987. The van der Waals surface area contributed by atoms with Gasteiger partial charge in [0, 0.05) is 6.61 Å². The van der Waals surface area contributed by atoms with E-state index in [0.717, 1.165) is 5.69 Å². The zero-order valence-corrected chi connectivity index (χ0v) is 10.6. The molecule has 0 bridgehead atoms. The standard InChI is InChI=1S/C11H20N4O4/c16-3-1-2-7-4-12-14-15(7)5-8-10(18)11(19)9(6-17)13-8/h4,8-11,13,16-19H,1-3,5-6H2/t8-,9-,10-,11-/m1/s1. The van der Waals surface area contributed by atoms with E-state index in [1.807, 2.05) is 0 Å². The van der Waals surface area contributed by atoms with Crippen LogP contribution in [-0.4, -0.2) is 72.9 Å². The van der Waals surface area contributed by atoms with Gasteiger partial charge in [-0.15, -0.1) is 5.10 Å². The van der Waals surface area contributed by atoms with Crippen molar-refractivity contribution in [3.8, 4) is 0 Å². The van der Waals surface area contributed by atoms with Crippen molar-refractivity contribution in [3.05, 3.63) is 11.9 Å². The maximum Gasteiger partial charge on any atom is 0.0990 e. The second-order valence-corrected chi connectivity index (χ2v) is 4.78. The number of rotatable bonds is 6. The highest BCUT2D eigenvalue weighted by molar-refractivity contribution is 5.00. The van der Waals surface area contributed by atoms with E-state index in [4.69, 9.17) is 10.2 Å². The minimum Gasteiger partial charge on any atom is -0.396 e. The number of nitrogens with one attached hydrogen (secondary N) is 1. The van der Waals surface area contributed by atoms with Crippen LogP contribution in [-0.2, 0) is 13.0 Å². The maximum atomic E-state index is 9.90. The highest BCUT2D eigenvalue weighted by atomic mass is 16.3. The van der Waals surface area contributed by atoms with Gasteiger partial charge in [-0.3, -0.25) is 0 Å². The molecule has 0 aliphatic carbocycles. The number of aryl methyl sites for hydroxylation is 1. The van der Waals surface area contributed by atoms with E-state index in [2.05, 4.69) is 15.6 Å². The molecule has 0 saturated carbocycles. The fourth-order valence-corrected chi connectivity index (χ4v) is 2.34. The van der Waals surface area contributed by atoms with Gasteiger partial charge in [0.05, 0.1) is 49.3 Å². The third kappa shape index (κ3) is 3.10. The topological polar surface area (TPSA) is 124 Å². The zero-order chi connectivity index (χ0) is 13.8. The molecule has 1 aliphatic rings. The first kappa shape index (κ1) is 14.4. The normalized spacial score (nSPS) is 30.9. The highest BCUT2D eigenvalue weighted by Crippen LogP contribution is 2.16. The van der Waals surface area contributed by atoms with Crippen LogP contribution in [0.3, 0.4) is 0 Å². The van der Waals surface area contributed by atoms with Crippen molar-refractivity contribution >= 4 is 0 Å². The largest absolute Gasteiger partial charge is 0.396 e. The molecule has 0 unspecified atom stereocenters. The third-order valence-corrected chi connectivity index (χ3v) is 3.46. The van der Waals surface area contributed by atoms with Crippen molar-refractivity contribution in [1.29, 1.82) is 0 Å². The molecular formula is C11H20N4O4. The Morgan fingerprint density at radius 1 is 1.21 bits per heavy atom. The summed E-state index contributed by atoms with van der Waals surface area (Å²) in [5, 5.41) is 48.2. The molecule has 2 rings (SSSR count). The Hall–Kier alpha value is -1.06. The van der Waals surface area contributed by atoms with Crippen LogP contribution in [0, 0.1) is 0 Å². The third-order valence-electron chi connectivity index (χ3n) is 3.46. The molecule has 0 spiro atoms. The van der Waals surface area contributed by atoms with E-state index >= 15 is 0 Å². The van der Waals surface area contributed by atoms with Crippen molar-refractivity contribution in [2.24, 2.45) is 0 Å². The predicted octanol–water partition coefficient (Wildman–Crippen LogP) is -2.74. The fraction of sp³-hybridized carbons (Fsp3) is 0.818. The van der Waals surface area contributed by atoms with E-state index < -0.39 is 18.2 Å². The minimum absolute atomic E-state index is 0.0980. The Morgan fingerprint density at radius 2 is 1.95 bits per heavy atom. The molecule has 0 amide bonds. The van der Waals surface area contributed by atoms with Crippen molar-refractivity contribution < 1.29 is 20.4 Å². The first-order valence-electron chi connectivity index (χ1n) is 6.38. The number of hydrogen-bond acceptors (Lipinski definition) is 7. The summed E-state index contributed by atoms with van der Waals surface area (Å²) in [6, 6.07) is -0.911. The summed E-state index contributed by atoms with van der Waals surface area (Å²) in [5.41, 5.74) is 0.866. The number of hydrogen-bond donors (Lipinski definition) is 5. The lowest BCUT2D eigenvalue weighted by molar-refractivity contribution is 0.0174. The van der Waals surface area contributed by atoms with E-state index in [0.29, 0.717) is 19.4 Å². The molecule has 8 nitrogen and oxygen atoms in total. The van der Waals surface area contributed by atoms with Crippen LogP contribution in [0.15, 0.2) is 6.20 Å². The zero-order valence-electron chi connectivity index (χ0n) is 10.6. The summed E-state index contributed by atoms with van der Waals surface area (Å²) in [6.07, 6.45) is 0.956. The van der Waals surface area contributed by atoms with Gasteiger partial charge in [0.15, 0.2) is 0 Å². The summed E-state index contributed by atoms with van der Waals surface area (Å²) in [4.78, 5) is 0. The number of aliphatic hydroxyl groups excluding tert-OH is 4. The Morgan fingerprint density at radius 3 is 2.58 bits per heavy atom. The molecule has 19 heavy (non-hydrogen) atoms. The second-order valence-electron chi connectivity index (χ2n) is 4.78. The lowest BCUT2D eigenvalue weighted by Crippen LogP contribution is -2.38. The molecule has 2 heterocycles. The molecule has 1 aromatic rings. The summed E-state index contributed by atoms with van der Waals surface area (Å²) < 4.78 is 1.64. The molecule has 1 saturated heterocycles. The summed E-state index contributed by atoms with van der Waals surface area (Å²) in [6.45, 7) is 0.222. The molecular weight excluding hydrogens is 252 g/mol. The number of aromatic nitrogens is 3. The molecule has 1 aliphatic heterocycles. The van der Waals surface area contributed by atoms with E-state index in [1.165, 1.54) is 0 Å². The van der Waals surface area contributed by atoms with Crippen molar-refractivity contribution in [1.82, 2.24) is 20.3 Å². The van der Waals surface area contributed by atoms with Gasteiger partial charge < -0.3 is 25.7 Å². The van der Waals surface area contributed by atoms with E-state index in [-0.39, 0.29) is 19.3 Å². The van der Waals surface area contributed by atoms with Gasteiger partial charge in [0.1, 0.15) is 0 Å². The first-order valence-corrected chi connectivity index (χ1v) is 6.38. The van der Waals surface area contributed by atoms with Crippen LogP contribution in [0.2, 0.25) is 0 Å². The predicted molar refractivity (Wildman–Crippen MR) is 65.2 cm³/mol. The summed E-state index contributed by atoms with van der Waals surface area (Å²) in [5.74, 6) is 0. The van der Waals surface area contributed by atoms with Gasteiger partial charge in [-0.05, 0) is 12.8 Å². The van der Waals surface area contributed by atoms with Gasteiger partial charge >= 0.3 is 0 Å². The van der Waals surface area contributed by atoms with Crippen molar-refractivity contribution in [2.45, 2.75) is 43.7 Å². The SMILES string of the molecule is OCCCc1cnnn1C[C@H]1N[C@H](CO)[C@@H](O)[C@@H]1O. The number of aliphatic hydroxyl groups is 4. The van der Waals surface area contributed by atoms with E-state index in [1.54, 1.807) is 10.9 Å². The van der Waals surface area contributed by atoms with Crippen LogP contribution in [0.5, 0.6) is 0 Å². The van der Waals surface area contributed by atoms with Crippen LogP contribution in [0.1, 0.15) is 12.1 Å². The van der Waals surface area contributed by atoms with Crippen LogP contribution < -0.4 is 5.32 Å². The second kappa shape index (κ2) is 6.40. The monoisotopic (exact) mass is 272 g/mol. The molecule has 1 fully saturated rings. The van der Waals surface area contributed by atoms with Crippen LogP contribution in [0.25, 0.3) is 0 Å². The molecule has 4 atom stereocenters. The molecule has 0 radical (unpaired) electrons. The molecule has 108 valence electrons.